The van der Waals surface area contributed by atoms with Crippen LogP contribution in [0.25, 0.3) is 6.08 Å². The standard InChI is InChI=1S/C37H28BrNO6/c1-2-20-8-10-22(11-9-20)39-36(43)26-15-14-24-27(33(26)37(39)44)17-28-34(31(41)18-29(38)35(28)42)32(24)25-13-12-23(16-30(25)40)45-19-21-6-4-3-5-7-21/h2-14,16,18,26-27,32-33,40H,1,15,17,19H2/t26-,27+,32+,33-/m0/s1. The van der Waals surface area contributed by atoms with Gasteiger partial charge in [0.05, 0.1) is 22.0 Å². The van der Waals surface area contributed by atoms with Crippen LogP contribution < -0.4 is 9.64 Å². The van der Waals surface area contributed by atoms with Crippen LogP contribution in [-0.4, -0.2) is 28.5 Å². The van der Waals surface area contributed by atoms with E-state index in [2.05, 4.69) is 22.5 Å². The summed E-state index contributed by atoms with van der Waals surface area (Å²) in [4.78, 5) is 56.0. The summed E-state index contributed by atoms with van der Waals surface area (Å²) in [6, 6.07) is 21.6. The number of ketones is 2. The Morgan fingerprint density at radius 2 is 1.71 bits per heavy atom. The Bertz CT molecular complexity index is 1890. The van der Waals surface area contributed by atoms with Gasteiger partial charge in [0.25, 0.3) is 0 Å². The van der Waals surface area contributed by atoms with Gasteiger partial charge in [-0.25, -0.2) is 0 Å². The number of phenolic OH excluding ortho intramolecular Hbond substituents is 1. The van der Waals surface area contributed by atoms with Crippen LogP contribution in [0.5, 0.6) is 11.5 Å². The van der Waals surface area contributed by atoms with Gasteiger partial charge in [-0.05, 0) is 64.0 Å². The van der Waals surface area contributed by atoms with Crippen molar-refractivity contribution in [2.75, 3.05) is 4.90 Å². The molecule has 7 nitrogen and oxygen atoms in total. The second-order valence-corrected chi connectivity index (χ2v) is 12.6. The number of anilines is 1. The number of amides is 2. The highest BCUT2D eigenvalue weighted by Gasteiger charge is 2.56. The minimum absolute atomic E-state index is 0.0901. The maximum absolute atomic E-state index is 14.1. The fraction of sp³-hybridized carbons (Fsp3) is 0.189. The van der Waals surface area contributed by atoms with Crippen LogP contribution in [0.3, 0.4) is 0 Å². The van der Waals surface area contributed by atoms with E-state index in [9.17, 15) is 24.3 Å². The lowest BCUT2D eigenvalue weighted by Crippen LogP contribution is -2.39. The number of hydrogen-bond acceptors (Lipinski definition) is 6. The molecule has 45 heavy (non-hydrogen) atoms. The van der Waals surface area contributed by atoms with E-state index < -0.39 is 23.7 Å². The van der Waals surface area contributed by atoms with Crippen LogP contribution in [0.4, 0.5) is 5.69 Å². The van der Waals surface area contributed by atoms with Crippen molar-refractivity contribution in [3.05, 3.63) is 129 Å². The van der Waals surface area contributed by atoms with Crippen molar-refractivity contribution in [2.24, 2.45) is 17.8 Å². The van der Waals surface area contributed by atoms with Gasteiger partial charge >= 0.3 is 0 Å². The zero-order valence-electron chi connectivity index (χ0n) is 24.1. The summed E-state index contributed by atoms with van der Waals surface area (Å²) < 4.78 is 6.06. The Kier molecular flexibility index (Phi) is 7.25. The third kappa shape index (κ3) is 4.80. The highest BCUT2D eigenvalue weighted by atomic mass is 79.9. The van der Waals surface area contributed by atoms with E-state index in [0.717, 1.165) is 16.7 Å². The SMILES string of the molecule is C=Cc1ccc(N2C(=O)[C@H]3[C@H](CC=C4[C@H](c5ccc(OCc6ccccc6)cc5O)C5=C(C[C@H]43)C(=O)C(Br)=CC5=O)C2=O)cc1. The molecule has 1 fully saturated rings. The van der Waals surface area contributed by atoms with Gasteiger partial charge in [0, 0.05) is 34.8 Å². The zero-order valence-corrected chi connectivity index (χ0v) is 25.7. The molecule has 1 heterocycles. The topological polar surface area (TPSA) is 101 Å². The van der Waals surface area contributed by atoms with Crippen molar-refractivity contribution in [2.45, 2.75) is 25.4 Å². The summed E-state index contributed by atoms with van der Waals surface area (Å²) in [6.45, 7) is 4.07. The highest BCUT2D eigenvalue weighted by Crippen LogP contribution is 2.56. The molecule has 0 spiro atoms. The van der Waals surface area contributed by atoms with E-state index in [0.29, 0.717) is 41.2 Å². The Balaban J connectivity index is 1.27. The Labute approximate surface area is 268 Å². The molecule has 0 bridgehead atoms. The zero-order chi connectivity index (χ0) is 31.4. The number of carbonyl (C=O) groups excluding carboxylic acids is 4. The van der Waals surface area contributed by atoms with Crippen LogP contribution in [0.1, 0.15) is 35.4 Å². The molecular formula is C37H28BrNO6. The van der Waals surface area contributed by atoms with Crippen molar-refractivity contribution in [1.82, 2.24) is 0 Å². The molecule has 224 valence electrons. The van der Waals surface area contributed by atoms with Gasteiger partial charge < -0.3 is 9.84 Å². The van der Waals surface area contributed by atoms with Crippen LogP contribution in [-0.2, 0) is 25.8 Å². The first-order valence-corrected chi connectivity index (χ1v) is 15.5. The highest BCUT2D eigenvalue weighted by molar-refractivity contribution is 9.12. The molecule has 3 aliphatic carbocycles. The van der Waals surface area contributed by atoms with E-state index in [4.69, 9.17) is 4.74 Å². The predicted octanol–water partition coefficient (Wildman–Crippen LogP) is 6.58. The van der Waals surface area contributed by atoms with Crippen LogP contribution in [0, 0.1) is 17.8 Å². The monoisotopic (exact) mass is 661 g/mol. The van der Waals surface area contributed by atoms with E-state index in [1.165, 1.54) is 17.0 Å². The van der Waals surface area contributed by atoms with Gasteiger partial charge in [-0.1, -0.05) is 72.8 Å². The molecule has 2 amide bonds. The normalized spacial score (nSPS) is 24.1. The van der Waals surface area contributed by atoms with Crippen LogP contribution in [0.2, 0.25) is 0 Å². The third-order valence-corrected chi connectivity index (χ3v) is 9.87. The quantitative estimate of drug-likeness (QED) is 0.182. The molecule has 8 heteroatoms. The summed E-state index contributed by atoms with van der Waals surface area (Å²) in [5, 5.41) is 11.4. The summed E-state index contributed by atoms with van der Waals surface area (Å²) in [6.07, 6.45) is 5.34. The molecule has 1 N–H and O–H groups in total. The van der Waals surface area contributed by atoms with Gasteiger partial charge in [-0.15, -0.1) is 0 Å². The van der Waals surface area contributed by atoms with Gasteiger partial charge in [-0.3, -0.25) is 24.1 Å². The molecule has 4 aliphatic rings. The number of Topliss-reactive ketones (excluding diaryl/α,β-unsaturated/α-hetero) is 1. The van der Waals surface area contributed by atoms with Crippen LogP contribution in [0.15, 0.2) is 113 Å². The van der Waals surface area contributed by atoms with Gasteiger partial charge in [0.15, 0.2) is 11.6 Å². The first-order valence-electron chi connectivity index (χ1n) is 14.8. The van der Waals surface area contributed by atoms with Crippen LogP contribution >= 0.6 is 15.9 Å². The fourth-order valence-corrected chi connectivity index (χ4v) is 7.62. The molecule has 0 unspecified atom stereocenters. The lowest BCUT2D eigenvalue weighted by atomic mass is 9.59. The lowest BCUT2D eigenvalue weighted by molar-refractivity contribution is -0.123. The minimum Gasteiger partial charge on any atom is -0.507 e. The number of hydrogen-bond donors (Lipinski definition) is 1. The average Bonchev–Trinajstić information content (AvgIpc) is 3.31. The van der Waals surface area contributed by atoms with E-state index in [1.807, 2.05) is 36.4 Å². The second-order valence-electron chi connectivity index (χ2n) is 11.7. The minimum atomic E-state index is -0.764. The molecular weight excluding hydrogens is 634 g/mol. The number of aromatic hydroxyl groups is 1. The smallest absolute Gasteiger partial charge is 0.238 e. The summed E-state index contributed by atoms with van der Waals surface area (Å²) in [5.41, 5.74) is 4.12. The molecule has 0 saturated carbocycles. The predicted molar refractivity (Wildman–Crippen MR) is 172 cm³/mol. The average molecular weight is 663 g/mol. The first-order chi connectivity index (χ1) is 21.8. The summed E-state index contributed by atoms with van der Waals surface area (Å²) in [5.74, 6) is -3.48. The third-order valence-electron chi connectivity index (χ3n) is 9.28. The summed E-state index contributed by atoms with van der Waals surface area (Å²) in [7, 11) is 0. The maximum Gasteiger partial charge on any atom is 0.238 e. The van der Waals surface area contributed by atoms with Gasteiger partial charge in [-0.2, -0.15) is 0 Å². The number of imide groups is 1. The Hall–Kier alpha value is -4.82. The Morgan fingerprint density at radius 3 is 2.42 bits per heavy atom. The number of fused-ring (bicyclic) bond motifs is 3. The molecule has 0 aromatic heterocycles. The molecule has 4 atom stereocenters. The largest absolute Gasteiger partial charge is 0.507 e. The molecule has 1 aliphatic heterocycles. The number of carbonyl (C=O) groups is 4. The number of halogens is 1. The number of nitrogens with zero attached hydrogens (tertiary/aromatic N) is 1. The van der Waals surface area contributed by atoms with Crippen molar-refractivity contribution in [3.8, 4) is 11.5 Å². The number of benzene rings is 3. The molecule has 7 rings (SSSR count). The summed E-state index contributed by atoms with van der Waals surface area (Å²) >= 11 is 3.25. The van der Waals surface area contributed by atoms with Crippen molar-refractivity contribution in [3.63, 3.8) is 0 Å². The second kappa shape index (κ2) is 11.3. The fourth-order valence-electron chi connectivity index (χ4n) is 7.17. The Morgan fingerprint density at radius 1 is 0.956 bits per heavy atom. The molecule has 0 radical (unpaired) electrons. The van der Waals surface area contributed by atoms with Crippen molar-refractivity contribution < 1.29 is 29.0 Å². The maximum atomic E-state index is 14.1. The number of allylic oxidation sites excluding steroid dienone is 6. The lowest BCUT2D eigenvalue weighted by Gasteiger charge is -2.42. The van der Waals surface area contributed by atoms with Crippen molar-refractivity contribution in [1.29, 1.82) is 0 Å². The molecule has 3 aromatic carbocycles. The number of rotatable bonds is 6. The van der Waals surface area contributed by atoms with E-state index >= 15 is 0 Å². The van der Waals surface area contributed by atoms with E-state index in [-0.39, 0.29) is 40.0 Å². The molecule has 3 aromatic rings. The van der Waals surface area contributed by atoms with E-state index in [1.54, 1.807) is 42.5 Å². The first kappa shape index (κ1) is 28.9. The molecule has 1 saturated heterocycles. The van der Waals surface area contributed by atoms with Gasteiger partial charge in [0.2, 0.25) is 11.8 Å². The number of phenols is 1. The van der Waals surface area contributed by atoms with Gasteiger partial charge in [0.1, 0.15) is 18.1 Å². The number of ether oxygens (including phenoxy) is 1. The van der Waals surface area contributed by atoms with Crippen molar-refractivity contribution >= 4 is 51.1 Å².